The molecule has 118 valence electrons. The van der Waals surface area contributed by atoms with Crippen LogP contribution in [0.5, 0.6) is 0 Å². The Labute approximate surface area is 134 Å². The largest absolute Gasteiger partial charge is 0.494 e. The Hall–Kier alpha value is -0.485. The minimum Gasteiger partial charge on any atom is -0.399 e. The van der Waals surface area contributed by atoms with Gasteiger partial charge in [0.05, 0.1) is 11.2 Å². The fraction of sp³-hybridized carbons (Fsp3) is 0.625. The third kappa shape index (κ3) is 4.25. The van der Waals surface area contributed by atoms with Gasteiger partial charge in [-0.15, -0.1) is 0 Å². The van der Waals surface area contributed by atoms with Crippen molar-refractivity contribution in [1.29, 1.82) is 0 Å². The van der Waals surface area contributed by atoms with Gasteiger partial charge in [0, 0.05) is 6.54 Å². The van der Waals surface area contributed by atoms with Crippen molar-refractivity contribution in [2.75, 3.05) is 12.8 Å². The second kappa shape index (κ2) is 7.18. The van der Waals surface area contributed by atoms with Gasteiger partial charge in [-0.25, -0.2) is 0 Å². The fourth-order valence-electron chi connectivity index (χ4n) is 2.12. The summed E-state index contributed by atoms with van der Waals surface area (Å²) in [6.07, 6.45) is 3.08. The topological polar surface area (TPSA) is 30.5 Å². The lowest BCUT2D eigenvalue weighted by molar-refractivity contribution is 0.00578. The van der Waals surface area contributed by atoms with E-state index in [1.807, 2.05) is 6.26 Å². The van der Waals surface area contributed by atoms with Crippen LogP contribution in [0.3, 0.4) is 0 Å². The minimum absolute atomic E-state index is 0. The summed E-state index contributed by atoms with van der Waals surface area (Å²) in [5.41, 5.74) is 1.86. The number of nitrogens with one attached hydrogen (secondary N) is 1. The fourth-order valence-corrected chi connectivity index (χ4v) is 2.42. The lowest BCUT2D eigenvalue weighted by Gasteiger charge is -2.32. The van der Waals surface area contributed by atoms with Crippen molar-refractivity contribution in [2.24, 2.45) is 0 Å². The third-order valence-corrected chi connectivity index (χ3v) is 4.66. The quantitative estimate of drug-likeness (QED) is 0.514. The van der Waals surface area contributed by atoms with Gasteiger partial charge in [0.15, 0.2) is 0 Å². The highest BCUT2D eigenvalue weighted by Crippen LogP contribution is 2.36. The van der Waals surface area contributed by atoms with Crippen molar-refractivity contribution in [3.63, 3.8) is 0 Å². The van der Waals surface area contributed by atoms with Gasteiger partial charge in [0.1, 0.15) is 0 Å². The van der Waals surface area contributed by atoms with Crippen LogP contribution in [0.1, 0.15) is 40.7 Å². The van der Waals surface area contributed by atoms with Gasteiger partial charge in [-0.1, -0.05) is 43.6 Å². The first-order chi connectivity index (χ1) is 9.36. The predicted octanol–water partition coefficient (Wildman–Crippen LogP) is 3.03. The van der Waals surface area contributed by atoms with E-state index in [9.17, 15) is 0 Å². The molecular weight excluding hydrogens is 281 g/mol. The first-order valence-electron chi connectivity index (χ1n) is 7.06. The van der Waals surface area contributed by atoms with E-state index in [-0.39, 0.29) is 25.7 Å². The van der Waals surface area contributed by atoms with E-state index in [2.05, 4.69) is 56.7 Å². The van der Waals surface area contributed by atoms with Crippen molar-refractivity contribution >= 4 is 24.5 Å². The third-order valence-electron chi connectivity index (χ3n) is 4.17. The zero-order valence-corrected chi connectivity index (χ0v) is 13.8. The summed E-state index contributed by atoms with van der Waals surface area (Å²) in [5.74, 6) is 0. The van der Waals surface area contributed by atoms with Crippen molar-refractivity contribution in [3.8, 4) is 0 Å². The van der Waals surface area contributed by atoms with Gasteiger partial charge in [-0.3, -0.25) is 4.72 Å². The SMILES string of the molecule is C.CSNCCc1ccc(B2OC(C)(C)C(C)(C)O2)cc1. The van der Waals surface area contributed by atoms with Crippen LogP contribution in [0.25, 0.3) is 0 Å². The average molecular weight is 309 g/mol. The van der Waals surface area contributed by atoms with E-state index < -0.39 is 0 Å². The maximum atomic E-state index is 6.05. The Morgan fingerprint density at radius 3 is 2.05 bits per heavy atom. The summed E-state index contributed by atoms with van der Waals surface area (Å²) in [4.78, 5) is 0. The summed E-state index contributed by atoms with van der Waals surface area (Å²) in [6, 6.07) is 8.53. The van der Waals surface area contributed by atoms with Crippen LogP contribution in [0.2, 0.25) is 0 Å². The Bertz CT molecular complexity index is 432. The highest BCUT2D eigenvalue weighted by Gasteiger charge is 2.51. The van der Waals surface area contributed by atoms with Gasteiger partial charge in [-0.2, -0.15) is 0 Å². The van der Waals surface area contributed by atoms with Crippen LogP contribution >= 0.6 is 11.9 Å². The molecule has 1 fully saturated rings. The maximum absolute atomic E-state index is 6.05. The first-order valence-corrected chi connectivity index (χ1v) is 8.28. The smallest absolute Gasteiger partial charge is 0.399 e. The molecule has 0 atom stereocenters. The normalized spacial score (nSPS) is 19.4. The number of rotatable bonds is 5. The van der Waals surface area contributed by atoms with Gasteiger partial charge < -0.3 is 9.31 Å². The minimum atomic E-state index is -0.279. The summed E-state index contributed by atoms with van der Waals surface area (Å²) in [6.45, 7) is 9.30. The molecule has 0 amide bonds. The molecule has 1 saturated heterocycles. The highest BCUT2D eigenvalue weighted by molar-refractivity contribution is 7.96. The number of benzene rings is 1. The standard InChI is InChI=1S/C15H24BNO2S.CH4/c1-14(2)15(3,4)19-16(18-14)13-8-6-12(7-9-13)10-11-17-20-5;/h6-9,17H,10-11H2,1-5H3;1H4. The molecule has 0 spiro atoms. The van der Waals surface area contributed by atoms with Crippen molar-refractivity contribution in [1.82, 2.24) is 4.72 Å². The molecule has 1 aromatic rings. The molecule has 5 heteroatoms. The second-order valence-corrected chi connectivity index (χ2v) is 6.88. The molecule has 1 N–H and O–H groups in total. The molecule has 1 aliphatic rings. The van der Waals surface area contributed by atoms with E-state index in [1.165, 1.54) is 5.56 Å². The molecule has 1 aromatic carbocycles. The van der Waals surface area contributed by atoms with Crippen LogP contribution in [0, 0.1) is 0 Å². The number of hydrogen-bond acceptors (Lipinski definition) is 4. The molecule has 0 aliphatic carbocycles. The van der Waals surface area contributed by atoms with Crippen LogP contribution in [-0.4, -0.2) is 31.1 Å². The van der Waals surface area contributed by atoms with Gasteiger partial charge in [0.25, 0.3) is 0 Å². The van der Waals surface area contributed by atoms with Crippen LogP contribution in [-0.2, 0) is 15.7 Å². The van der Waals surface area contributed by atoms with Crippen LogP contribution < -0.4 is 10.2 Å². The summed E-state index contributed by atoms with van der Waals surface area (Å²) in [5, 5.41) is 0. The zero-order valence-electron chi connectivity index (χ0n) is 13.0. The molecule has 3 nitrogen and oxygen atoms in total. The monoisotopic (exact) mass is 309 g/mol. The number of hydrogen-bond donors (Lipinski definition) is 1. The molecule has 1 aliphatic heterocycles. The van der Waals surface area contributed by atoms with Crippen molar-refractivity contribution in [3.05, 3.63) is 29.8 Å². The zero-order chi connectivity index (χ0) is 14.8. The van der Waals surface area contributed by atoms with Crippen LogP contribution in [0.4, 0.5) is 0 Å². The first kappa shape index (κ1) is 18.6. The Kier molecular flexibility index (Phi) is 6.35. The Morgan fingerprint density at radius 2 is 1.57 bits per heavy atom. The van der Waals surface area contributed by atoms with Gasteiger partial charge in [-0.05, 0) is 51.4 Å². The summed E-state index contributed by atoms with van der Waals surface area (Å²) >= 11 is 1.65. The molecule has 0 aromatic heterocycles. The van der Waals surface area contributed by atoms with Crippen LogP contribution in [0.15, 0.2) is 24.3 Å². The van der Waals surface area contributed by atoms with E-state index in [1.54, 1.807) is 11.9 Å². The Morgan fingerprint density at radius 1 is 1.05 bits per heavy atom. The highest BCUT2D eigenvalue weighted by atomic mass is 32.2. The average Bonchev–Trinajstić information content (AvgIpc) is 2.60. The molecule has 0 radical (unpaired) electrons. The lowest BCUT2D eigenvalue weighted by atomic mass is 9.79. The molecule has 21 heavy (non-hydrogen) atoms. The summed E-state index contributed by atoms with van der Waals surface area (Å²) in [7, 11) is -0.265. The molecule has 0 saturated carbocycles. The van der Waals surface area contributed by atoms with E-state index >= 15 is 0 Å². The molecule has 1 heterocycles. The van der Waals surface area contributed by atoms with Crippen molar-refractivity contribution in [2.45, 2.75) is 52.7 Å². The Balaban J connectivity index is 0.00000220. The van der Waals surface area contributed by atoms with E-state index in [0.29, 0.717) is 0 Å². The van der Waals surface area contributed by atoms with Crippen molar-refractivity contribution < 1.29 is 9.31 Å². The second-order valence-electron chi connectivity index (χ2n) is 6.18. The lowest BCUT2D eigenvalue weighted by Crippen LogP contribution is -2.41. The van der Waals surface area contributed by atoms with Gasteiger partial charge in [0.2, 0.25) is 0 Å². The predicted molar refractivity (Wildman–Crippen MR) is 94.1 cm³/mol. The molecular formula is C16H28BNO2S. The van der Waals surface area contributed by atoms with E-state index in [0.717, 1.165) is 18.4 Å². The maximum Gasteiger partial charge on any atom is 0.494 e. The van der Waals surface area contributed by atoms with Gasteiger partial charge >= 0.3 is 7.12 Å². The molecule has 0 unspecified atom stereocenters. The van der Waals surface area contributed by atoms with E-state index in [4.69, 9.17) is 9.31 Å². The molecule has 0 bridgehead atoms. The summed E-state index contributed by atoms with van der Waals surface area (Å²) < 4.78 is 15.4. The molecule has 2 rings (SSSR count).